The van der Waals surface area contributed by atoms with Gasteiger partial charge in [0.2, 0.25) is 0 Å². The lowest BCUT2D eigenvalue weighted by molar-refractivity contribution is -0.140. The number of alkyl halides is 2. The number of carbonyl (C=O) groups excluding carboxylic acids is 1. The highest BCUT2D eigenvalue weighted by Crippen LogP contribution is 2.35. The highest BCUT2D eigenvalue weighted by atomic mass is 32.2. The Kier molecular flexibility index (Phi) is 6.32. The molecule has 1 heterocycles. The molecule has 0 bridgehead atoms. The molecule has 0 unspecified atom stereocenters. The fourth-order valence-electron chi connectivity index (χ4n) is 2.00. The Morgan fingerprint density at radius 2 is 2.16 bits per heavy atom. The Hall–Kier alpha value is -2.20. The van der Waals surface area contributed by atoms with Gasteiger partial charge in [-0.25, -0.2) is 0 Å². The number of nitrogens with zero attached hydrogens (tertiary/aromatic N) is 1. The van der Waals surface area contributed by atoms with Crippen LogP contribution in [-0.4, -0.2) is 46.0 Å². The largest absolute Gasteiger partial charge is 0.490 e. The molecule has 10 heteroatoms. The number of thioether (sulfide) groups is 1. The van der Waals surface area contributed by atoms with Gasteiger partial charge in [-0.15, -0.1) is 0 Å². The molecule has 1 aliphatic heterocycles. The van der Waals surface area contributed by atoms with Crippen LogP contribution in [0.25, 0.3) is 6.08 Å². The van der Waals surface area contributed by atoms with Gasteiger partial charge in [0.1, 0.15) is 10.9 Å². The number of halogens is 2. The molecule has 0 aromatic heterocycles. The first-order chi connectivity index (χ1) is 11.8. The van der Waals surface area contributed by atoms with Crippen molar-refractivity contribution in [3.8, 4) is 11.5 Å². The summed E-state index contributed by atoms with van der Waals surface area (Å²) in [5, 5.41) is 8.81. The number of aliphatic carboxylic acids is 1. The van der Waals surface area contributed by atoms with E-state index in [1.165, 1.54) is 24.3 Å². The second kappa shape index (κ2) is 8.26. The van der Waals surface area contributed by atoms with E-state index in [-0.39, 0.29) is 27.3 Å². The predicted molar refractivity (Wildman–Crippen MR) is 91.8 cm³/mol. The van der Waals surface area contributed by atoms with Crippen LogP contribution in [-0.2, 0) is 9.59 Å². The molecular weight excluding hydrogens is 376 g/mol. The Balaban J connectivity index is 2.28. The average Bonchev–Trinajstić information content (AvgIpc) is 2.77. The molecule has 1 aromatic rings. The van der Waals surface area contributed by atoms with Gasteiger partial charge in [-0.2, -0.15) is 8.78 Å². The van der Waals surface area contributed by atoms with Gasteiger partial charge >= 0.3 is 12.6 Å². The van der Waals surface area contributed by atoms with Crippen molar-refractivity contribution in [1.82, 2.24) is 4.90 Å². The lowest BCUT2D eigenvalue weighted by Gasteiger charge is -2.12. The van der Waals surface area contributed by atoms with Gasteiger partial charge in [0.25, 0.3) is 5.91 Å². The average molecular weight is 389 g/mol. The van der Waals surface area contributed by atoms with E-state index in [1.807, 2.05) is 0 Å². The number of benzene rings is 1. The second-order valence-corrected chi connectivity index (χ2v) is 6.36. The molecule has 0 saturated carbocycles. The standard InChI is InChI=1S/C15H13F2NO5S2/c1-2-22-10-5-8(3-4-9(10)23-14(16)17)6-11-13(21)18(7-12(19)20)15(24)25-11/h3-6,14H,2,7H2,1H3,(H,19,20)/b11-6-. The van der Waals surface area contributed by atoms with E-state index >= 15 is 0 Å². The molecule has 0 radical (unpaired) electrons. The van der Waals surface area contributed by atoms with Crippen LogP contribution in [0, 0.1) is 0 Å². The van der Waals surface area contributed by atoms with E-state index < -0.39 is 25.0 Å². The monoisotopic (exact) mass is 389 g/mol. The summed E-state index contributed by atoms with van der Waals surface area (Å²) < 4.78 is 34.6. The van der Waals surface area contributed by atoms with Crippen LogP contribution in [0.1, 0.15) is 12.5 Å². The molecule has 1 N–H and O–H groups in total. The molecule has 1 saturated heterocycles. The number of hydrogen-bond donors (Lipinski definition) is 1. The van der Waals surface area contributed by atoms with Crippen LogP contribution in [0.2, 0.25) is 0 Å². The highest BCUT2D eigenvalue weighted by molar-refractivity contribution is 8.26. The van der Waals surface area contributed by atoms with E-state index in [1.54, 1.807) is 6.92 Å². The minimum atomic E-state index is -2.99. The predicted octanol–water partition coefficient (Wildman–Crippen LogP) is 2.97. The lowest BCUT2D eigenvalue weighted by Crippen LogP contribution is -2.33. The van der Waals surface area contributed by atoms with E-state index in [4.69, 9.17) is 22.1 Å². The number of amides is 1. The van der Waals surface area contributed by atoms with Crippen molar-refractivity contribution in [2.75, 3.05) is 13.2 Å². The molecule has 1 amide bonds. The number of thiocarbonyl (C=S) groups is 1. The van der Waals surface area contributed by atoms with Crippen molar-refractivity contribution in [3.63, 3.8) is 0 Å². The Bertz CT molecular complexity index is 739. The summed E-state index contributed by atoms with van der Waals surface area (Å²) in [6.45, 7) is -1.58. The summed E-state index contributed by atoms with van der Waals surface area (Å²) in [4.78, 5) is 24.2. The van der Waals surface area contributed by atoms with Gasteiger partial charge in [-0.1, -0.05) is 30.0 Å². The topological polar surface area (TPSA) is 76.1 Å². The van der Waals surface area contributed by atoms with Crippen LogP contribution in [0.5, 0.6) is 11.5 Å². The zero-order valence-corrected chi connectivity index (χ0v) is 14.5. The third kappa shape index (κ3) is 4.89. The molecule has 1 aliphatic rings. The summed E-state index contributed by atoms with van der Waals surface area (Å²) in [6, 6.07) is 4.23. The third-order valence-electron chi connectivity index (χ3n) is 2.95. The number of carboxylic acids is 1. The molecule has 25 heavy (non-hydrogen) atoms. The molecule has 1 fully saturated rings. The van der Waals surface area contributed by atoms with Crippen molar-refractivity contribution in [2.24, 2.45) is 0 Å². The van der Waals surface area contributed by atoms with Gasteiger partial charge in [-0.05, 0) is 30.7 Å². The minimum absolute atomic E-state index is 0.109. The zero-order chi connectivity index (χ0) is 18.6. The molecule has 0 aliphatic carbocycles. The van der Waals surface area contributed by atoms with Crippen molar-refractivity contribution in [3.05, 3.63) is 28.7 Å². The maximum absolute atomic E-state index is 12.4. The smallest absolute Gasteiger partial charge is 0.387 e. The Labute approximate surface area is 151 Å². The van der Waals surface area contributed by atoms with E-state index in [9.17, 15) is 18.4 Å². The highest BCUT2D eigenvalue weighted by Gasteiger charge is 2.33. The molecule has 2 rings (SSSR count). The normalized spacial score (nSPS) is 16.0. The van der Waals surface area contributed by atoms with Crippen molar-refractivity contribution >= 4 is 46.3 Å². The number of carboxylic acid groups (broad SMARTS) is 1. The fraction of sp³-hybridized carbons (Fsp3) is 0.267. The zero-order valence-electron chi connectivity index (χ0n) is 12.9. The summed E-state index contributed by atoms with van der Waals surface area (Å²) >= 11 is 5.97. The first-order valence-electron chi connectivity index (χ1n) is 7.00. The van der Waals surface area contributed by atoms with Gasteiger partial charge in [0.05, 0.1) is 11.5 Å². The maximum atomic E-state index is 12.4. The second-order valence-electron chi connectivity index (χ2n) is 4.68. The number of rotatable bonds is 7. The number of ether oxygens (including phenoxy) is 2. The van der Waals surface area contributed by atoms with Crippen molar-refractivity contribution < 1.29 is 33.0 Å². The Morgan fingerprint density at radius 1 is 1.44 bits per heavy atom. The van der Waals surface area contributed by atoms with E-state index in [0.717, 1.165) is 16.7 Å². The summed E-state index contributed by atoms with van der Waals surface area (Å²) in [5.41, 5.74) is 0.501. The summed E-state index contributed by atoms with van der Waals surface area (Å²) in [5.74, 6) is -1.71. The van der Waals surface area contributed by atoms with Crippen LogP contribution >= 0.6 is 24.0 Å². The van der Waals surface area contributed by atoms with Gasteiger partial charge in [-0.3, -0.25) is 14.5 Å². The van der Waals surface area contributed by atoms with Crippen molar-refractivity contribution in [2.45, 2.75) is 13.5 Å². The number of carbonyl (C=O) groups is 2. The SMILES string of the molecule is CCOc1cc(/C=C2\SC(=S)N(CC(=O)O)C2=O)ccc1OC(F)F. The maximum Gasteiger partial charge on any atom is 0.387 e. The third-order valence-corrected chi connectivity index (χ3v) is 4.33. The van der Waals surface area contributed by atoms with Crippen molar-refractivity contribution in [1.29, 1.82) is 0 Å². The lowest BCUT2D eigenvalue weighted by atomic mass is 10.2. The first kappa shape index (κ1) is 19.1. The van der Waals surface area contributed by atoms with Gasteiger partial charge in [0, 0.05) is 0 Å². The first-order valence-corrected chi connectivity index (χ1v) is 8.23. The fourth-order valence-corrected chi connectivity index (χ4v) is 3.25. The molecule has 0 atom stereocenters. The quantitative estimate of drug-likeness (QED) is 0.568. The van der Waals surface area contributed by atoms with Gasteiger partial charge < -0.3 is 14.6 Å². The van der Waals surface area contributed by atoms with E-state index in [0.29, 0.717) is 5.56 Å². The summed E-state index contributed by atoms with van der Waals surface area (Å²) in [7, 11) is 0. The van der Waals surface area contributed by atoms with E-state index in [2.05, 4.69) is 4.74 Å². The van der Waals surface area contributed by atoms with Crippen LogP contribution in [0.3, 0.4) is 0 Å². The molecule has 1 aromatic carbocycles. The van der Waals surface area contributed by atoms with Gasteiger partial charge in [0.15, 0.2) is 11.5 Å². The van der Waals surface area contributed by atoms with Crippen LogP contribution < -0.4 is 9.47 Å². The molecule has 0 spiro atoms. The molecule has 134 valence electrons. The minimum Gasteiger partial charge on any atom is -0.490 e. The molecular formula is C15H13F2NO5S2. The molecule has 6 nitrogen and oxygen atoms in total. The Morgan fingerprint density at radius 3 is 2.76 bits per heavy atom. The van der Waals surface area contributed by atoms with Crippen LogP contribution in [0.4, 0.5) is 8.78 Å². The number of hydrogen-bond acceptors (Lipinski definition) is 6. The van der Waals surface area contributed by atoms with Crippen LogP contribution in [0.15, 0.2) is 23.1 Å². The summed E-state index contributed by atoms with van der Waals surface area (Å²) in [6.07, 6.45) is 1.48.